The number of nitrogens with two attached hydrogens (primary N) is 1. The Hall–Kier alpha value is -1.42. The maximum absolute atomic E-state index is 5.73. The van der Waals surface area contributed by atoms with E-state index in [0.717, 1.165) is 57.9 Å². The van der Waals surface area contributed by atoms with Gasteiger partial charge >= 0.3 is 0 Å². The van der Waals surface area contributed by atoms with Gasteiger partial charge in [-0.15, -0.1) is 32.9 Å². The highest BCUT2D eigenvalue weighted by Gasteiger charge is 2.51. The Bertz CT molecular complexity index is 440. The van der Waals surface area contributed by atoms with Gasteiger partial charge < -0.3 is 16.4 Å². The van der Waals surface area contributed by atoms with Crippen LogP contribution in [0.5, 0.6) is 0 Å². The van der Waals surface area contributed by atoms with Gasteiger partial charge in [0.2, 0.25) is 0 Å². The lowest BCUT2D eigenvalue weighted by Gasteiger charge is -2.57. The van der Waals surface area contributed by atoms with Crippen molar-refractivity contribution in [1.82, 2.24) is 10.6 Å². The number of hydrogen-bond acceptors (Lipinski definition) is 3. The van der Waals surface area contributed by atoms with Gasteiger partial charge in [-0.3, -0.25) is 0 Å². The highest BCUT2D eigenvalue weighted by atomic mass is 15.1. The van der Waals surface area contributed by atoms with Crippen LogP contribution in [0.3, 0.4) is 0 Å². The molecule has 4 N–H and O–H groups in total. The molecule has 0 spiro atoms. The van der Waals surface area contributed by atoms with E-state index < -0.39 is 0 Å². The zero-order chi connectivity index (χ0) is 19.5. The lowest BCUT2D eigenvalue weighted by molar-refractivity contribution is 0.0483. The van der Waals surface area contributed by atoms with Crippen LogP contribution in [0.4, 0.5) is 0 Å². The Morgan fingerprint density at radius 2 is 1.19 bits per heavy atom. The first-order valence-corrected chi connectivity index (χ1v) is 9.78. The molecule has 3 nitrogen and oxygen atoms in total. The summed E-state index contributed by atoms with van der Waals surface area (Å²) >= 11 is 0. The van der Waals surface area contributed by atoms with Crippen molar-refractivity contribution in [1.29, 1.82) is 0 Å². The average Bonchev–Trinajstić information content (AvgIpc) is 2.56. The molecule has 0 aromatic rings. The molecule has 1 aliphatic heterocycles. The van der Waals surface area contributed by atoms with Crippen molar-refractivity contribution in [3.8, 4) is 0 Å². The molecule has 0 aliphatic carbocycles. The summed E-state index contributed by atoms with van der Waals surface area (Å²) in [6.07, 6.45) is 17.6. The zero-order valence-corrected chi connectivity index (χ0v) is 16.6. The van der Waals surface area contributed by atoms with E-state index in [1.54, 1.807) is 0 Å². The van der Waals surface area contributed by atoms with E-state index in [2.05, 4.69) is 43.5 Å². The highest BCUT2D eigenvalue weighted by Crippen LogP contribution is 2.45. The third kappa shape index (κ3) is 5.80. The summed E-state index contributed by atoms with van der Waals surface area (Å²) in [5.41, 5.74) is 5.55. The molecular weight excluding hydrogens is 318 g/mol. The summed E-state index contributed by atoms with van der Waals surface area (Å²) in [7, 11) is 0. The molecule has 0 aromatic carbocycles. The van der Waals surface area contributed by atoms with Crippen LogP contribution in [0.25, 0.3) is 0 Å². The maximum atomic E-state index is 5.73. The second-order valence-corrected chi connectivity index (χ2v) is 7.85. The van der Waals surface area contributed by atoms with Crippen molar-refractivity contribution >= 4 is 0 Å². The van der Waals surface area contributed by atoms with Gasteiger partial charge in [-0.05, 0) is 64.5 Å². The van der Waals surface area contributed by atoms with Gasteiger partial charge in [-0.2, -0.15) is 0 Å². The average molecular weight is 358 g/mol. The van der Waals surface area contributed by atoms with Crippen molar-refractivity contribution in [3.05, 3.63) is 63.3 Å². The molecule has 1 heterocycles. The van der Waals surface area contributed by atoms with Crippen LogP contribution in [-0.4, -0.2) is 29.7 Å². The molecule has 0 amide bonds. The van der Waals surface area contributed by atoms with E-state index in [9.17, 15) is 0 Å². The molecule has 0 saturated carbocycles. The predicted molar refractivity (Wildman–Crippen MR) is 116 cm³/mol. The van der Waals surface area contributed by atoms with Crippen LogP contribution in [0.15, 0.2) is 63.3 Å². The Balaban J connectivity index is 3.37. The minimum atomic E-state index is -0.0769. The Morgan fingerprint density at radius 1 is 0.769 bits per heavy atom. The largest absolute Gasteiger partial charge is 0.330 e. The van der Waals surface area contributed by atoms with Gasteiger partial charge in [-0.1, -0.05) is 30.4 Å². The predicted octanol–water partition coefficient (Wildman–Crippen LogP) is 4.41. The minimum Gasteiger partial charge on any atom is -0.330 e. The molecule has 0 unspecified atom stereocenters. The second kappa shape index (κ2) is 10.7. The van der Waals surface area contributed by atoms with Crippen molar-refractivity contribution in [3.63, 3.8) is 0 Å². The Morgan fingerprint density at radius 3 is 1.54 bits per heavy atom. The van der Waals surface area contributed by atoms with E-state index in [1.165, 1.54) is 0 Å². The molecule has 0 bridgehead atoms. The topological polar surface area (TPSA) is 50.1 Å². The van der Waals surface area contributed by atoms with Gasteiger partial charge in [0, 0.05) is 16.6 Å². The quantitative estimate of drug-likeness (QED) is 0.319. The second-order valence-electron chi connectivity index (χ2n) is 7.85. The minimum absolute atomic E-state index is 0.0276. The molecule has 26 heavy (non-hydrogen) atoms. The number of piperidine rings is 1. The van der Waals surface area contributed by atoms with Crippen molar-refractivity contribution in [2.24, 2.45) is 5.73 Å². The Labute approximate surface area is 161 Å². The number of hydrogen-bond donors (Lipinski definition) is 3. The molecule has 3 heteroatoms. The van der Waals surface area contributed by atoms with Crippen LogP contribution < -0.4 is 16.4 Å². The molecule has 1 saturated heterocycles. The molecule has 146 valence electrons. The molecule has 0 aromatic heterocycles. The number of nitrogens with one attached hydrogen (secondary N) is 2. The van der Waals surface area contributed by atoms with Crippen LogP contribution in [0, 0.1) is 0 Å². The van der Waals surface area contributed by atoms with Crippen LogP contribution in [0.2, 0.25) is 0 Å². The first-order chi connectivity index (χ1) is 12.5. The van der Waals surface area contributed by atoms with Crippen molar-refractivity contribution in [2.45, 2.75) is 68.0 Å². The van der Waals surface area contributed by atoms with Gasteiger partial charge in [-0.25, -0.2) is 0 Å². The fourth-order valence-corrected chi connectivity index (χ4v) is 4.85. The van der Waals surface area contributed by atoms with Crippen molar-refractivity contribution in [2.75, 3.05) is 13.1 Å². The van der Waals surface area contributed by atoms with Crippen LogP contribution >= 0.6 is 0 Å². The van der Waals surface area contributed by atoms with E-state index in [0.29, 0.717) is 6.54 Å². The fraction of sp³-hybridized carbons (Fsp3) is 0.565. The maximum Gasteiger partial charge on any atom is 0.0273 e. The standard InChI is InChI=1S/C23H39N3/c1-6-12-21(13-7-2)19-23(16-10-5,25-18-11-17-24)20-22(26-21,14-8-3)15-9-4/h6-10,25-26H,1-5,11-20,24H2. The molecule has 1 rings (SSSR count). The summed E-state index contributed by atoms with van der Waals surface area (Å²) in [4.78, 5) is 0. The summed E-state index contributed by atoms with van der Waals surface area (Å²) < 4.78 is 0. The normalized spacial score (nSPS) is 20.0. The number of rotatable bonds is 14. The first kappa shape index (κ1) is 22.6. The third-order valence-electron chi connectivity index (χ3n) is 5.44. The molecule has 1 fully saturated rings. The van der Waals surface area contributed by atoms with Crippen molar-refractivity contribution < 1.29 is 0 Å². The molecule has 0 radical (unpaired) electrons. The fourth-order valence-electron chi connectivity index (χ4n) is 4.85. The van der Waals surface area contributed by atoms with E-state index in [4.69, 9.17) is 5.73 Å². The van der Waals surface area contributed by atoms with Crippen LogP contribution in [0.1, 0.15) is 51.4 Å². The van der Waals surface area contributed by atoms with E-state index in [1.807, 2.05) is 30.4 Å². The SMILES string of the molecule is C=CCC1(NCCCN)CC(CC=C)(CC=C)NC(CC=C)(CC=C)C1. The Kier molecular flexibility index (Phi) is 9.28. The summed E-state index contributed by atoms with van der Waals surface area (Å²) in [5.74, 6) is 0. The van der Waals surface area contributed by atoms with Crippen LogP contribution in [-0.2, 0) is 0 Å². The lowest BCUT2D eigenvalue weighted by atomic mass is 9.63. The summed E-state index contributed by atoms with van der Waals surface area (Å²) in [5, 5.41) is 7.86. The van der Waals surface area contributed by atoms with E-state index >= 15 is 0 Å². The first-order valence-electron chi connectivity index (χ1n) is 9.78. The lowest BCUT2D eigenvalue weighted by Crippen LogP contribution is -2.70. The smallest absolute Gasteiger partial charge is 0.0273 e. The summed E-state index contributed by atoms with van der Waals surface area (Å²) in [6.45, 7) is 21.7. The van der Waals surface area contributed by atoms with E-state index in [-0.39, 0.29) is 16.6 Å². The monoisotopic (exact) mass is 357 g/mol. The van der Waals surface area contributed by atoms with Gasteiger partial charge in [0.1, 0.15) is 0 Å². The van der Waals surface area contributed by atoms with Gasteiger partial charge in [0.15, 0.2) is 0 Å². The zero-order valence-electron chi connectivity index (χ0n) is 16.6. The van der Waals surface area contributed by atoms with Gasteiger partial charge in [0.25, 0.3) is 0 Å². The third-order valence-corrected chi connectivity index (χ3v) is 5.44. The molecular formula is C23H39N3. The molecule has 1 aliphatic rings. The summed E-state index contributed by atoms with van der Waals surface area (Å²) in [6, 6.07) is 0. The molecule has 0 atom stereocenters. The van der Waals surface area contributed by atoms with Gasteiger partial charge in [0.05, 0.1) is 0 Å². The highest BCUT2D eigenvalue weighted by molar-refractivity contribution is 5.19.